The lowest BCUT2D eigenvalue weighted by Crippen LogP contribution is -2.53. The third-order valence-corrected chi connectivity index (χ3v) is 10.8. The van der Waals surface area contributed by atoms with Crippen molar-refractivity contribution in [3.05, 3.63) is 86.6 Å². The fourth-order valence-corrected chi connectivity index (χ4v) is 7.71. The summed E-state index contributed by atoms with van der Waals surface area (Å²) < 4.78 is 22.5. The minimum atomic E-state index is -2.06. The van der Waals surface area contributed by atoms with E-state index in [-0.39, 0.29) is 89.6 Å². The molecule has 1 unspecified atom stereocenters. The number of Topliss-reactive ketones (excluding diaryl/α,β-unsaturated/α-hetero) is 2. The van der Waals surface area contributed by atoms with Crippen molar-refractivity contribution in [2.45, 2.75) is 49.7 Å². The standard InChI is InChI=1S/C37H37Cl2NO10/c1-19-15-25(42)30(34(44)37(19)35(45)31-27(48-3)18-28(49-4)32(39)33(31)50-37)23(20-5-10-24(41)26(16-20)47-2)17-29(43)40-13-11-36(46,12-14-40)21-6-8-22(38)9-7-21/h5-10,16,18-19,23,41,44,46H,11-15,17H2,1-4H3/t19-,23?,37+/m1/s1. The van der Waals surface area contributed by atoms with Crippen LogP contribution in [-0.4, -0.2) is 77.7 Å². The largest absolute Gasteiger partial charge is 0.507 e. The Morgan fingerprint density at radius 3 is 2.22 bits per heavy atom. The molecule has 2 heterocycles. The zero-order chi connectivity index (χ0) is 36.1. The van der Waals surface area contributed by atoms with E-state index in [9.17, 15) is 29.7 Å². The second-order valence-electron chi connectivity index (χ2n) is 12.9. The predicted octanol–water partition coefficient (Wildman–Crippen LogP) is 6.14. The number of methoxy groups -OCH3 is 3. The van der Waals surface area contributed by atoms with Gasteiger partial charge in [0.15, 0.2) is 28.8 Å². The number of ketones is 2. The van der Waals surface area contributed by atoms with Crippen molar-refractivity contribution in [3.63, 3.8) is 0 Å². The van der Waals surface area contributed by atoms with Crippen LogP contribution in [0.2, 0.25) is 10.0 Å². The van der Waals surface area contributed by atoms with Crippen LogP contribution in [0.25, 0.3) is 0 Å². The molecule has 3 aromatic carbocycles. The molecule has 13 heteroatoms. The van der Waals surface area contributed by atoms with E-state index in [1.807, 2.05) is 0 Å². The number of aliphatic hydroxyl groups excluding tert-OH is 1. The lowest BCUT2D eigenvalue weighted by molar-refractivity contribution is -0.136. The van der Waals surface area contributed by atoms with Crippen molar-refractivity contribution in [1.82, 2.24) is 4.90 Å². The average molecular weight is 727 g/mol. The van der Waals surface area contributed by atoms with Crippen LogP contribution in [0.15, 0.2) is 59.9 Å². The molecule has 50 heavy (non-hydrogen) atoms. The Morgan fingerprint density at radius 2 is 1.60 bits per heavy atom. The van der Waals surface area contributed by atoms with Crippen LogP contribution in [0.4, 0.5) is 0 Å². The molecule has 264 valence electrons. The van der Waals surface area contributed by atoms with Crippen molar-refractivity contribution in [2.75, 3.05) is 34.4 Å². The molecule has 1 fully saturated rings. The zero-order valence-corrected chi connectivity index (χ0v) is 29.4. The maximum absolute atomic E-state index is 14.4. The highest BCUT2D eigenvalue weighted by atomic mass is 35.5. The Hall–Kier alpha value is -4.45. The van der Waals surface area contributed by atoms with Crippen LogP contribution in [0.1, 0.15) is 60.0 Å². The van der Waals surface area contributed by atoms with Gasteiger partial charge in [0, 0.05) is 54.4 Å². The monoisotopic (exact) mass is 725 g/mol. The predicted molar refractivity (Wildman–Crippen MR) is 184 cm³/mol. The van der Waals surface area contributed by atoms with Gasteiger partial charge in [-0.15, -0.1) is 0 Å². The first-order valence-corrected chi connectivity index (χ1v) is 16.8. The van der Waals surface area contributed by atoms with E-state index in [0.717, 1.165) is 0 Å². The Kier molecular flexibility index (Phi) is 9.45. The van der Waals surface area contributed by atoms with Crippen molar-refractivity contribution < 1.29 is 48.7 Å². The smallest absolute Gasteiger partial charge is 0.231 e. The van der Waals surface area contributed by atoms with Gasteiger partial charge in [-0.05, 0) is 48.2 Å². The topological polar surface area (TPSA) is 152 Å². The summed E-state index contributed by atoms with van der Waals surface area (Å²) in [6.07, 6.45) is 0.0341. The van der Waals surface area contributed by atoms with Crippen LogP contribution in [-0.2, 0) is 15.2 Å². The van der Waals surface area contributed by atoms with E-state index in [4.69, 9.17) is 42.1 Å². The van der Waals surface area contributed by atoms with Crippen molar-refractivity contribution in [2.24, 2.45) is 5.92 Å². The number of allylic oxidation sites excluding steroid dienone is 1. The van der Waals surface area contributed by atoms with Crippen molar-refractivity contribution >= 4 is 40.7 Å². The number of carbonyl (C=O) groups is 3. The van der Waals surface area contributed by atoms with Crippen LogP contribution in [0.5, 0.6) is 28.7 Å². The third-order valence-electron chi connectivity index (χ3n) is 10.2. The molecule has 0 aromatic heterocycles. The van der Waals surface area contributed by atoms with Crippen LogP contribution < -0.4 is 18.9 Å². The molecule has 6 rings (SSSR count). The number of phenolic OH excluding ortho intramolecular Hbond substituents is 1. The molecule has 1 saturated heterocycles. The van der Waals surface area contributed by atoms with E-state index >= 15 is 0 Å². The van der Waals surface area contributed by atoms with Gasteiger partial charge in [-0.25, -0.2) is 0 Å². The number of phenols is 1. The summed E-state index contributed by atoms with van der Waals surface area (Å²) in [5.41, 5.74) is -2.33. The molecule has 3 aliphatic rings. The van der Waals surface area contributed by atoms with Gasteiger partial charge in [-0.1, -0.05) is 48.3 Å². The summed E-state index contributed by atoms with van der Waals surface area (Å²) in [5, 5.41) is 34.5. The number of amides is 1. The molecule has 0 radical (unpaired) electrons. The molecule has 1 spiro atoms. The number of hydrogen-bond donors (Lipinski definition) is 3. The zero-order valence-electron chi connectivity index (χ0n) is 27.9. The van der Waals surface area contributed by atoms with Gasteiger partial charge in [0.05, 0.1) is 26.9 Å². The number of hydrogen-bond acceptors (Lipinski definition) is 10. The number of benzene rings is 3. The highest BCUT2D eigenvalue weighted by Crippen LogP contribution is 2.56. The second kappa shape index (κ2) is 13.4. The molecule has 2 aliphatic heterocycles. The number of carbonyl (C=O) groups excluding carboxylic acids is 3. The first-order valence-electron chi connectivity index (χ1n) is 16.1. The number of fused-ring (bicyclic) bond motifs is 1. The summed E-state index contributed by atoms with van der Waals surface area (Å²) >= 11 is 12.6. The van der Waals surface area contributed by atoms with Gasteiger partial charge >= 0.3 is 0 Å². The highest BCUT2D eigenvalue weighted by molar-refractivity contribution is 6.35. The van der Waals surface area contributed by atoms with E-state index in [1.54, 1.807) is 36.1 Å². The fourth-order valence-electron chi connectivity index (χ4n) is 7.31. The van der Waals surface area contributed by atoms with Crippen molar-refractivity contribution in [3.8, 4) is 28.7 Å². The molecule has 3 atom stereocenters. The van der Waals surface area contributed by atoms with Crippen LogP contribution >= 0.6 is 23.2 Å². The van der Waals surface area contributed by atoms with Gasteiger partial charge < -0.3 is 39.2 Å². The minimum absolute atomic E-state index is 0.00850. The van der Waals surface area contributed by atoms with Crippen LogP contribution in [0, 0.1) is 5.92 Å². The minimum Gasteiger partial charge on any atom is -0.507 e. The number of ether oxygens (including phenoxy) is 4. The molecule has 11 nitrogen and oxygen atoms in total. The normalized spacial score (nSPS) is 21.9. The number of aromatic hydroxyl groups is 1. The summed E-state index contributed by atoms with van der Waals surface area (Å²) in [6.45, 7) is 2.06. The van der Waals surface area contributed by atoms with Crippen molar-refractivity contribution in [1.29, 1.82) is 0 Å². The summed E-state index contributed by atoms with van der Waals surface area (Å²) in [6, 6.07) is 12.8. The fraction of sp³-hybridized carbons (Fsp3) is 0.378. The number of rotatable bonds is 8. The lowest BCUT2D eigenvalue weighted by atomic mass is 9.69. The number of aliphatic hydroxyl groups is 2. The van der Waals surface area contributed by atoms with E-state index in [0.29, 0.717) is 16.1 Å². The maximum atomic E-state index is 14.4. The molecule has 3 N–H and O–H groups in total. The Labute approximate surface area is 298 Å². The molecule has 1 amide bonds. The second-order valence-corrected chi connectivity index (χ2v) is 13.7. The number of likely N-dealkylation sites (tertiary alicyclic amines) is 1. The lowest BCUT2D eigenvalue weighted by Gasteiger charge is -2.40. The summed E-state index contributed by atoms with van der Waals surface area (Å²) in [5.74, 6) is -3.91. The molecule has 3 aromatic rings. The molecule has 0 bridgehead atoms. The number of piperidine rings is 1. The van der Waals surface area contributed by atoms with Gasteiger partial charge in [-0.2, -0.15) is 0 Å². The number of halogens is 2. The Morgan fingerprint density at radius 1 is 0.960 bits per heavy atom. The quantitative estimate of drug-likeness (QED) is 0.247. The summed E-state index contributed by atoms with van der Waals surface area (Å²) in [4.78, 5) is 44.0. The summed E-state index contributed by atoms with van der Waals surface area (Å²) in [7, 11) is 4.12. The SMILES string of the molecule is COc1cc(C(CC(=O)N2CCC(O)(c3ccc(Cl)cc3)CC2)C2=C(O)[C@@]3(Oc4c(Cl)c(OC)cc(OC)c4C3=O)[C@H](C)CC2=O)ccc1O. The maximum Gasteiger partial charge on any atom is 0.231 e. The van der Waals surface area contributed by atoms with Gasteiger partial charge in [-0.3, -0.25) is 14.4 Å². The Bertz CT molecular complexity index is 1900. The van der Waals surface area contributed by atoms with Gasteiger partial charge in [0.1, 0.15) is 22.1 Å². The van der Waals surface area contributed by atoms with Crippen LogP contribution in [0.3, 0.4) is 0 Å². The van der Waals surface area contributed by atoms with E-state index < -0.39 is 40.4 Å². The molecular weight excluding hydrogens is 689 g/mol. The number of nitrogens with zero attached hydrogens (tertiary/aromatic N) is 1. The first kappa shape index (κ1) is 35.4. The highest BCUT2D eigenvalue weighted by Gasteiger charge is 2.61. The molecule has 0 saturated carbocycles. The molecule has 1 aliphatic carbocycles. The third kappa shape index (κ3) is 5.71. The Balaban J connectivity index is 1.40. The van der Waals surface area contributed by atoms with E-state index in [2.05, 4.69) is 0 Å². The molecular formula is C37H37Cl2NO10. The van der Waals surface area contributed by atoms with Gasteiger partial charge in [0.25, 0.3) is 0 Å². The first-order chi connectivity index (χ1) is 23.8. The average Bonchev–Trinajstić information content (AvgIpc) is 3.42. The van der Waals surface area contributed by atoms with E-state index in [1.165, 1.54) is 45.6 Å². The van der Waals surface area contributed by atoms with Gasteiger partial charge in [0.2, 0.25) is 17.3 Å².